The van der Waals surface area contributed by atoms with Gasteiger partial charge in [0.15, 0.2) is 6.61 Å². The number of carbonyl (C=O) groups is 1. The first kappa shape index (κ1) is 18.0. The molecule has 0 aromatic heterocycles. The van der Waals surface area contributed by atoms with Crippen LogP contribution in [0.2, 0.25) is 5.02 Å². The summed E-state index contributed by atoms with van der Waals surface area (Å²) in [4.78, 5) is 12.5. The van der Waals surface area contributed by atoms with Crippen LogP contribution in [-0.4, -0.2) is 12.5 Å². The van der Waals surface area contributed by atoms with Crippen LogP contribution in [-0.2, 0) is 4.79 Å². The van der Waals surface area contributed by atoms with Crippen molar-refractivity contribution in [1.29, 1.82) is 0 Å². The topological polar surface area (TPSA) is 38.3 Å². The van der Waals surface area contributed by atoms with Crippen molar-refractivity contribution in [3.63, 3.8) is 0 Å². The molecule has 1 N–H and O–H groups in total. The van der Waals surface area contributed by atoms with Crippen LogP contribution in [0.4, 0.5) is 0 Å². The zero-order valence-corrected chi connectivity index (χ0v) is 15.2. The van der Waals surface area contributed by atoms with Crippen LogP contribution in [0, 0.1) is 6.92 Å². The summed E-state index contributed by atoms with van der Waals surface area (Å²) in [6, 6.07) is 24.9. The van der Waals surface area contributed by atoms with Crippen LogP contribution in [0.15, 0.2) is 78.9 Å². The third-order valence-electron chi connectivity index (χ3n) is 4.07. The minimum Gasteiger partial charge on any atom is -0.484 e. The van der Waals surface area contributed by atoms with Gasteiger partial charge in [0.25, 0.3) is 5.91 Å². The lowest BCUT2D eigenvalue weighted by Crippen LogP contribution is -2.33. The first-order valence-electron chi connectivity index (χ1n) is 8.41. The summed E-state index contributed by atoms with van der Waals surface area (Å²) in [5, 5.41) is 3.73. The molecular weight excluding hydrogens is 346 g/mol. The van der Waals surface area contributed by atoms with Crippen LogP contribution >= 0.6 is 11.6 Å². The monoisotopic (exact) mass is 365 g/mol. The largest absolute Gasteiger partial charge is 0.484 e. The molecule has 0 aliphatic carbocycles. The van der Waals surface area contributed by atoms with E-state index in [1.165, 1.54) is 0 Å². The van der Waals surface area contributed by atoms with Crippen LogP contribution in [0.5, 0.6) is 5.75 Å². The molecule has 3 aromatic carbocycles. The Kier molecular flexibility index (Phi) is 5.92. The van der Waals surface area contributed by atoms with Gasteiger partial charge < -0.3 is 10.1 Å². The van der Waals surface area contributed by atoms with E-state index in [0.717, 1.165) is 16.7 Å². The zero-order valence-electron chi connectivity index (χ0n) is 14.5. The van der Waals surface area contributed by atoms with E-state index in [2.05, 4.69) is 5.32 Å². The second kappa shape index (κ2) is 8.54. The van der Waals surface area contributed by atoms with E-state index in [1.54, 1.807) is 12.1 Å². The van der Waals surface area contributed by atoms with Crippen molar-refractivity contribution in [3.8, 4) is 5.75 Å². The number of nitrogens with one attached hydrogen (secondary N) is 1. The molecule has 132 valence electrons. The van der Waals surface area contributed by atoms with Crippen LogP contribution in [0.1, 0.15) is 22.7 Å². The van der Waals surface area contributed by atoms with Crippen molar-refractivity contribution >= 4 is 17.5 Å². The minimum absolute atomic E-state index is 0.0583. The molecule has 0 aliphatic rings. The molecule has 0 spiro atoms. The quantitative estimate of drug-likeness (QED) is 0.672. The Balaban J connectivity index is 1.70. The molecule has 0 saturated heterocycles. The number of carbonyl (C=O) groups excluding carboxylic acids is 1. The summed E-state index contributed by atoms with van der Waals surface area (Å²) in [5.41, 5.74) is 2.96. The maximum atomic E-state index is 12.5. The van der Waals surface area contributed by atoms with Crippen molar-refractivity contribution < 1.29 is 9.53 Å². The van der Waals surface area contributed by atoms with Gasteiger partial charge in [-0.25, -0.2) is 0 Å². The van der Waals surface area contributed by atoms with Gasteiger partial charge in [0.2, 0.25) is 0 Å². The van der Waals surface area contributed by atoms with Gasteiger partial charge in [0.1, 0.15) is 5.75 Å². The molecule has 0 aliphatic heterocycles. The molecule has 0 heterocycles. The fraction of sp³-hybridized carbons (Fsp3) is 0.136. The number of amides is 1. The first-order chi connectivity index (χ1) is 12.6. The van der Waals surface area contributed by atoms with Crippen molar-refractivity contribution in [2.75, 3.05) is 6.61 Å². The van der Waals surface area contributed by atoms with Gasteiger partial charge in [0.05, 0.1) is 6.04 Å². The molecule has 0 atom stereocenters. The van der Waals surface area contributed by atoms with Gasteiger partial charge in [-0.1, -0.05) is 72.3 Å². The highest BCUT2D eigenvalue weighted by molar-refractivity contribution is 6.31. The standard InChI is InChI=1S/C22H20ClNO2/c1-16-14-19(12-13-20(16)23)26-15-21(25)24-22(17-8-4-2-5-9-17)18-10-6-3-7-11-18/h2-14,22H,15H2,1H3,(H,24,25). The van der Waals surface area contributed by atoms with Gasteiger partial charge in [-0.2, -0.15) is 0 Å². The molecule has 3 nitrogen and oxygen atoms in total. The molecule has 1 amide bonds. The van der Waals surface area contributed by atoms with Crippen LogP contribution < -0.4 is 10.1 Å². The molecule has 0 bridgehead atoms. The Labute approximate surface area is 158 Å². The number of ether oxygens (including phenoxy) is 1. The van der Waals surface area contributed by atoms with Crippen molar-refractivity contribution in [1.82, 2.24) is 5.32 Å². The van der Waals surface area contributed by atoms with E-state index in [0.29, 0.717) is 10.8 Å². The number of aryl methyl sites for hydroxylation is 1. The summed E-state index contributed by atoms with van der Waals surface area (Å²) >= 11 is 6.01. The number of rotatable bonds is 6. The third-order valence-corrected chi connectivity index (χ3v) is 4.49. The lowest BCUT2D eigenvalue weighted by molar-refractivity contribution is -0.123. The Morgan fingerprint density at radius 1 is 0.962 bits per heavy atom. The van der Waals surface area contributed by atoms with Crippen LogP contribution in [0.25, 0.3) is 0 Å². The Hall–Kier alpha value is -2.78. The van der Waals surface area contributed by atoms with Gasteiger partial charge in [0, 0.05) is 5.02 Å². The van der Waals surface area contributed by atoms with E-state index in [4.69, 9.17) is 16.3 Å². The predicted octanol–water partition coefficient (Wildman–Crippen LogP) is 4.93. The molecular formula is C22H20ClNO2. The fourth-order valence-electron chi connectivity index (χ4n) is 2.71. The highest BCUT2D eigenvalue weighted by Gasteiger charge is 2.16. The number of hydrogen-bond donors (Lipinski definition) is 1. The Morgan fingerprint density at radius 2 is 1.54 bits per heavy atom. The third kappa shape index (κ3) is 4.64. The van der Waals surface area contributed by atoms with Crippen LogP contribution in [0.3, 0.4) is 0 Å². The van der Waals surface area contributed by atoms with Crippen molar-refractivity contribution in [2.24, 2.45) is 0 Å². The summed E-state index contributed by atoms with van der Waals surface area (Å²) in [6.07, 6.45) is 0. The van der Waals surface area contributed by atoms with E-state index in [9.17, 15) is 4.79 Å². The molecule has 4 heteroatoms. The minimum atomic E-state index is -0.222. The maximum absolute atomic E-state index is 12.5. The Morgan fingerprint density at radius 3 is 2.08 bits per heavy atom. The number of halogens is 1. The molecule has 0 fully saturated rings. The zero-order chi connectivity index (χ0) is 18.4. The molecule has 0 saturated carbocycles. The highest BCUT2D eigenvalue weighted by Crippen LogP contribution is 2.23. The van der Waals surface area contributed by atoms with Gasteiger partial charge >= 0.3 is 0 Å². The summed E-state index contributed by atoms with van der Waals surface area (Å²) < 4.78 is 5.61. The number of benzene rings is 3. The normalized spacial score (nSPS) is 10.6. The SMILES string of the molecule is Cc1cc(OCC(=O)NC(c2ccccc2)c2ccccc2)ccc1Cl. The molecule has 3 aromatic rings. The summed E-state index contributed by atoms with van der Waals surface area (Å²) in [5.74, 6) is 0.438. The molecule has 0 unspecified atom stereocenters. The fourth-order valence-corrected chi connectivity index (χ4v) is 2.83. The van der Waals surface area contributed by atoms with Crippen molar-refractivity contribution in [2.45, 2.75) is 13.0 Å². The molecule has 0 radical (unpaired) electrons. The molecule has 26 heavy (non-hydrogen) atoms. The van der Waals surface area contributed by atoms with Gasteiger partial charge in [-0.05, 0) is 41.8 Å². The molecule has 3 rings (SSSR count). The average molecular weight is 366 g/mol. The summed E-state index contributed by atoms with van der Waals surface area (Å²) in [7, 11) is 0. The predicted molar refractivity (Wildman–Crippen MR) is 105 cm³/mol. The van der Waals surface area contributed by atoms with Gasteiger partial charge in [-0.3, -0.25) is 4.79 Å². The van der Waals surface area contributed by atoms with Crippen molar-refractivity contribution in [3.05, 3.63) is 101 Å². The number of hydrogen-bond acceptors (Lipinski definition) is 2. The Bertz CT molecular complexity index is 826. The highest BCUT2D eigenvalue weighted by atomic mass is 35.5. The van der Waals surface area contributed by atoms with E-state index in [-0.39, 0.29) is 18.6 Å². The summed E-state index contributed by atoms with van der Waals surface area (Å²) in [6.45, 7) is 1.84. The van der Waals surface area contributed by atoms with E-state index < -0.39 is 0 Å². The lowest BCUT2D eigenvalue weighted by atomic mass is 9.99. The van der Waals surface area contributed by atoms with E-state index >= 15 is 0 Å². The van der Waals surface area contributed by atoms with E-state index in [1.807, 2.05) is 73.7 Å². The van der Waals surface area contributed by atoms with Gasteiger partial charge in [-0.15, -0.1) is 0 Å². The second-order valence-electron chi connectivity index (χ2n) is 6.02. The maximum Gasteiger partial charge on any atom is 0.258 e. The second-order valence-corrected chi connectivity index (χ2v) is 6.43. The lowest BCUT2D eigenvalue weighted by Gasteiger charge is -2.20. The first-order valence-corrected chi connectivity index (χ1v) is 8.79. The average Bonchev–Trinajstić information content (AvgIpc) is 2.68. The smallest absolute Gasteiger partial charge is 0.258 e.